The molecule has 27 heavy (non-hydrogen) atoms. The van der Waals surface area contributed by atoms with Crippen LogP contribution in [-0.2, 0) is 14.8 Å². The highest BCUT2D eigenvalue weighted by Crippen LogP contribution is 2.31. The molecule has 146 valence electrons. The van der Waals surface area contributed by atoms with Gasteiger partial charge in [0, 0.05) is 44.0 Å². The summed E-state index contributed by atoms with van der Waals surface area (Å²) < 4.78 is 32.8. The Morgan fingerprint density at radius 2 is 2.04 bits per heavy atom. The monoisotopic (exact) mass is 410 g/mol. The summed E-state index contributed by atoms with van der Waals surface area (Å²) in [6.45, 7) is 3.97. The third kappa shape index (κ3) is 3.65. The molecular formula is C17H22N4O4S2. The van der Waals surface area contributed by atoms with Crippen LogP contribution in [0.3, 0.4) is 0 Å². The lowest BCUT2D eigenvalue weighted by Gasteiger charge is -2.32. The number of hydrogen-bond donors (Lipinski definition) is 0. The number of aryl methyl sites for hydroxylation is 1. The number of sulfonamides is 1. The fourth-order valence-corrected chi connectivity index (χ4v) is 6.51. The molecule has 0 spiro atoms. The summed E-state index contributed by atoms with van der Waals surface area (Å²) in [5, 5.41) is 5.55. The Hall–Kier alpha value is -1.78. The summed E-state index contributed by atoms with van der Waals surface area (Å²) in [7, 11) is -3.64. The Morgan fingerprint density at radius 1 is 1.26 bits per heavy atom. The number of hydrogen-bond acceptors (Lipinski definition) is 7. The van der Waals surface area contributed by atoms with E-state index >= 15 is 0 Å². The molecule has 0 saturated carbocycles. The maximum atomic E-state index is 13.1. The highest BCUT2D eigenvalue weighted by atomic mass is 32.2. The van der Waals surface area contributed by atoms with Gasteiger partial charge in [-0.2, -0.15) is 9.29 Å². The zero-order chi connectivity index (χ0) is 19.0. The van der Waals surface area contributed by atoms with Gasteiger partial charge in [-0.1, -0.05) is 5.16 Å². The predicted octanol–water partition coefficient (Wildman–Crippen LogP) is 2.13. The number of thiophene rings is 1. The Labute approximate surface area is 162 Å². The minimum Gasteiger partial charge on any atom is -0.342 e. The van der Waals surface area contributed by atoms with Crippen molar-refractivity contribution in [1.82, 2.24) is 19.3 Å². The van der Waals surface area contributed by atoms with Crippen molar-refractivity contribution >= 4 is 27.3 Å². The zero-order valence-electron chi connectivity index (χ0n) is 15.1. The van der Waals surface area contributed by atoms with E-state index in [1.54, 1.807) is 18.4 Å². The third-order valence-corrected chi connectivity index (χ3v) is 8.39. The molecule has 8 nitrogen and oxygen atoms in total. The molecule has 0 unspecified atom stereocenters. The highest BCUT2D eigenvalue weighted by Gasteiger charge is 2.36. The Bertz CT molecular complexity index is 930. The minimum atomic E-state index is -3.64. The summed E-state index contributed by atoms with van der Waals surface area (Å²) in [6.07, 6.45) is 3.52. The molecule has 0 radical (unpaired) electrons. The van der Waals surface area contributed by atoms with Crippen molar-refractivity contribution < 1.29 is 17.7 Å². The predicted molar refractivity (Wildman–Crippen MR) is 99.6 cm³/mol. The van der Waals surface area contributed by atoms with Gasteiger partial charge in [-0.25, -0.2) is 8.42 Å². The Morgan fingerprint density at radius 3 is 2.74 bits per heavy atom. The first-order valence-electron chi connectivity index (χ1n) is 9.13. The van der Waals surface area contributed by atoms with Crippen LogP contribution in [-0.4, -0.2) is 59.8 Å². The molecule has 10 heteroatoms. The SMILES string of the molecule is Cc1nc(-c2csc(S(=O)(=O)N3CCC[C@@H](C(=O)N4CCCC4)C3)c2)no1. The fraction of sp³-hybridized carbons (Fsp3) is 0.588. The summed E-state index contributed by atoms with van der Waals surface area (Å²) in [5.74, 6) is 0.665. The Balaban J connectivity index is 1.51. The Kier molecular flexibility index (Phi) is 5.04. The maximum absolute atomic E-state index is 13.1. The number of carbonyl (C=O) groups is 1. The molecule has 2 fully saturated rings. The topological polar surface area (TPSA) is 96.6 Å². The van der Waals surface area contributed by atoms with E-state index in [4.69, 9.17) is 4.52 Å². The first-order chi connectivity index (χ1) is 12.9. The molecule has 1 atom stereocenters. The molecule has 2 aliphatic heterocycles. The van der Waals surface area contributed by atoms with Gasteiger partial charge in [0.1, 0.15) is 4.21 Å². The number of piperidine rings is 1. The lowest BCUT2D eigenvalue weighted by molar-refractivity contribution is -0.135. The van der Waals surface area contributed by atoms with Crippen LogP contribution in [0, 0.1) is 12.8 Å². The second-order valence-corrected chi connectivity index (χ2v) is 10.1. The van der Waals surface area contributed by atoms with Crippen molar-refractivity contribution in [2.24, 2.45) is 5.92 Å². The number of aromatic nitrogens is 2. The molecular weight excluding hydrogens is 388 g/mol. The third-order valence-electron chi connectivity index (χ3n) is 5.11. The molecule has 4 heterocycles. The van der Waals surface area contributed by atoms with Crippen molar-refractivity contribution in [1.29, 1.82) is 0 Å². The van der Waals surface area contributed by atoms with Gasteiger partial charge in [0.15, 0.2) is 0 Å². The number of carbonyl (C=O) groups excluding carboxylic acids is 1. The molecule has 4 rings (SSSR count). The largest absolute Gasteiger partial charge is 0.342 e. The molecule has 0 N–H and O–H groups in total. The van der Waals surface area contributed by atoms with Gasteiger partial charge in [-0.3, -0.25) is 4.79 Å². The van der Waals surface area contributed by atoms with Gasteiger partial charge in [0.05, 0.1) is 5.92 Å². The zero-order valence-corrected chi connectivity index (χ0v) is 16.8. The van der Waals surface area contributed by atoms with E-state index in [0.717, 1.165) is 43.7 Å². The van der Waals surface area contributed by atoms with Crippen LogP contribution in [0.2, 0.25) is 0 Å². The van der Waals surface area contributed by atoms with Crippen LogP contribution in [0.1, 0.15) is 31.6 Å². The van der Waals surface area contributed by atoms with E-state index in [2.05, 4.69) is 10.1 Å². The molecule has 2 aromatic rings. The lowest BCUT2D eigenvalue weighted by Crippen LogP contribution is -2.45. The van der Waals surface area contributed by atoms with Crippen LogP contribution in [0.5, 0.6) is 0 Å². The van der Waals surface area contributed by atoms with E-state index in [-0.39, 0.29) is 22.6 Å². The van der Waals surface area contributed by atoms with E-state index in [1.165, 1.54) is 4.31 Å². The number of likely N-dealkylation sites (tertiary alicyclic amines) is 1. The van der Waals surface area contributed by atoms with Crippen LogP contribution in [0.4, 0.5) is 0 Å². The number of amides is 1. The number of nitrogens with zero attached hydrogens (tertiary/aromatic N) is 4. The second-order valence-electron chi connectivity index (χ2n) is 7.03. The molecule has 0 aromatic carbocycles. The summed E-state index contributed by atoms with van der Waals surface area (Å²) >= 11 is 1.14. The first kappa shape index (κ1) is 18.6. The molecule has 1 amide bonds. The highest BCUT2D eigenvalue weighted by molar-refractivity contribution is 7.91. The lowest BCUT2D eigenvalue weighted by atomic mass is 9.98. The van der Waals surface area contributed by atoms with E-state index in [9.17, 15) is 13.2 Å². The quantitative estimate of drug-likeness (QED) is 0.766. The fourth-order valence-electron chi connectivity index (χ4n) is 3.67. The molecule has 2 aliphatic rings. The van der Waals surface area contributed by atoms with E-state index in [0.29, 0.717) is 30.2 Å². The second kappa shape index (κ2) is 7.33. The molecule has 0 aliphatic carbocycles. The van der Waals surface area contributed by atoms with Crippen LogP contribution in [0.15, 0.2) is 20.2 Å². The van der Waals surface area contributed by atoms with Gasteiger partial charge >= 0.3 is 0 Å². The smallest absolute Gasteiger partial charge is 0.252 e. The van der Waals surface area contributed by atoms with Gasteiger partial charge in [0.2, 0.25) is 17.6 Å². The first-order valence-corrected chi connectivity index (χ1v) is 11.5. The normalized spacial score (nSPS) is 21.7. The van der Waals surface area contributed by atoms with Gasteiger partial charge < -0.3 is 9.42 Å². The number of rotatable bonds is 4. The minimum absolute atomic E-state index is 0.0986. The van der Waals surface area contributed by atoms with Crippen molar-refractivity contribution in [3.05, 3.63) is 17.3 Å². The van der Waals surface area contributed by atoms with E-state index in [1.807, 2.05) is 4.90 Å². The van der Waals surface area contributed by atoms with Gasteiger partial charge in [-0.15, -0.1) is 11.3 Å². The van der Waals surface area contributed by atoms with Crippen LogP contribution in [0.25, 0.3) is 11.4 Å². The standard InChI is InChI=1S/C17H22N4O4S2/c1-12-18-16(19-25-12)14-9-15(26-11-14)27(23,24)21-8-4-5-13(10-21)17(22)20-6-2-3-7-20/h9,11,13H,2-8,10H2,1H3/t13-/m1/s1. The van der Waals surface area contributed by atoms with E-state index < -0.39 is 10.0 Å². The summed E-state index contributed by atoms with van der Waals surface area (Å²) in [5.41, 5.74) is 0.622. The van der Waals surface area contributed by atoms with Gasteiger partial charge in [0.25, 0.3) is 10.0 Å². The average Bonchev–Trinajstić information content (AvgIpc) is 3.42. The van der Waals surface area contributed by atoms with Crippen molar-refractivity contribution in [2.75, 3.05) is 26.2 Å². The van der Waals surface area contributed by atoms with Crippen LogP contribution >= 0.6 is 11.3 Å². The van der Waals surface area contributed by atoms with Crippen molar-refractivity contribution in [3.8, 4) is 11.4 Å². The maximum Gasteiger partial charge on any atom is 0.252 e. The summed E-state index contributed by atoms with van der Waals surface area (Å²) in [6, 6.07) is 1.58. The van der Waals surface area contributed by atoms with Gasteiger partial charge in [-0.05, 0) is 31.7 Å². The van der Waals surface area contributed by atoms with Crippen LogP contribution < -0.4 is 0 Å². The molecule has 0 bridgehead atoms. The summed E-state index contributed by atoms with van der Waals surface area (Å²) in [4.78, 5) is 18.7. The van der Waals surface area contributed by atoms with Crippen molar-refractivity contribution in [3.63, 3.8) is 0 Å². The molecule has 2 saturated heterocycles. The average molecular weight is 411 g/mol. The van der Waals surface area contributed by atoms with Crippen molar-refractivity contribution in [2.45, 2.75) is 36.8 Å². The molecule has 2 aromatic heterocycles.